The summed E-state index contributed by atoms with van der Waals surface area (Å²) in [5, 5.41) is 11.5. The summed E-state index contributed by atoms with van der Waals surface area (Å²) >= 11 is 0. The standard InChI is InChI=1S/C11H10N2O5/c14-9-4-10(15)13(11(16)12-9)6-1-2-7-8(3-6)18-5-17-7/h1-3,9,14H,4-5H2,(H,12,16). The molecule has 2 aliphatic rings. The lowest BCUT2D eigenvalue weighted by atomic mass is 10.2. The van der Waals surface area contributed by atoms with Gasteiger partial charge in [0.05, 0.1) is 12.1 Å². The highest BCUT2D eigenvalue weighted by Crippen LogP contribution is 2.36. The first-order chi connectivity index (χ1) is 8.65. The van der Waals surface area contributed by atoms with Crippen LogP contribution in [-0.4, -0.2) is 30.1 Å². The molecule has 0 bridgehead atoms. The first kappa shape index (κ1) is 10.8. The molecule has 1 atom stereocenters. The van der Waals surface area contributed by atoms with Crippen molar-refractivity contribution in [1.82, 2.24) is 5.32 Å². The van der Waals surface area contributed by atoms with Gasteiger partial charge in [0, 0.05) is 6.07 Å². The Morgan fingerprint density at radius 3 is 2.83 bits per heavy atom. The number of imide groups is 1. The van der Waals surface area contributed by atoms with Gasteiger partial charge in [0.25, 0.3) is 0 Å². The van der Waals surface area contributed by atoms with Crippen molar-refractivity contribution in [3.63, 3.8) is 0 Å². The number of ether oxygens (including phenoxy) is 2. The first-order valence-corrected chi connectivity index (χ1v) is 5.36. The van der Waals surface area contributed by atoms with E-state index in [2.05, 4.69) is 5.32 Å². The molecule has 2 N–H and O–H groups in total. The number of amides is 3. The van der Waals surface area contributed by atoms with E-state index < -0.39 is 18.2 Å². The minimum Gasteiger partial charge on any atom is -0.454 e. The third kappa shape index (κ3) is 1.65. The molecular weight excluding hydrogens is 240 g/mol. The average Bonchev–Trinajstić information content (AvgIpc) is 2.74. The van der Waals surface area contributed by atoms with Crippen LogP contribution in [0.15, 0.2) is 18.2 Å². The van der Waals surface area contributed by atoms with Crippen molar-refractivity contribution in [3.8, 4) is 11.5 Å². The Labute approximate surface area is 102 Å². The smallest absolute Gasteiger partial charge is 0.330 e. The number of nitrogens with one attached hydrogen (secondary N) is 1. The predicted octanol–water partition coefficient (Wildman–Crippen LogP) is 0.180. The summed E-state index contributed by atoms with van der Waals surface area (Å²) in [6.07, 6.45) is -1.28. The molecule has 1 unspecified atom stereocenters. The SMILES string of the molecule is O=C1CC(O)NC(=O)N1c1ccc2c(c1)OCO2. The van der Waals surface area contributed by atoms with Crippen LogP contribution < -0.4 is 19.7 Å². The Hall–Kier alpha value is -2.28. The molecule has 1 aromatic carbocycles. The Balaban J connectivity index is 1.94. The Morgan fingerprint density at radius 2 is 2.06 bits per heavy atom. The van der Waals surface area contributed by atoms with Gasteiger partial charge in [0.1, 0.15) is 6.23 Å². The highest BCUT2D eigenvalue weighted by molar-refractivity contribution is 6.16. The Morgan fingerprint density at radius 1 is 1.28 bits per heavy atom. The molecule has 1 saturated heterocycles. The molecule has 7 nitrogen and oxygen atoms in total. The summed E-state index contributed by atoms with van der Waals surface area (Å²) in [6, 6.07) is 4.11. The van der Waals surface area contributed by atoms with E-state index in [9.17, 15) is 14.7 Å². The molecule has 0 aromatic heterocycles. The lowest BCUT2D eigenvalue weighted by Gasteiger charge is -2.28. The summed E-state index contributed by atoms with van der Waals surface area (Å²) in [4.78, 5) is 24.4. The summed E-state index contributed by atoms with van der Waals surface area (Å²) in [5.74, 6) is 0.591. The number of hydrogen-bond donors (Lipinski definition) is 2. The third-order valence-corrected chi connectivity index (χ3v) is 2.72. The van der Waals surface area contributed by atoms with E-state index >= 15 is 0 Å². The fourth-order valence-electron chi connectivity index (χ4n) is 1.91. The summed E-state index contributed by atoms with van der Waals surface area (Å²) < 4.78 is 10.3. The molecule has 1 fully saturated rings. The van der Waals surface area contributed by atoms with Crippen LogP contribution in [0, 0.1) is 0 Å². The van der Waals surface area contributed by atoms with E-state index in [1.807, 2.05) is 0 Å². The van der Waals surface area contributed by atoms with Crippen molar-refractivity contribution >= 4 is 17.6 Å². The van der Waals surface area contributed by atoms with Crippen molar-refractivity contribution in [3.05, 3.63) is 18.2 Å². The maximum absolute atomic E-state index is 11.7. The summed E-state index contributed by atoms with van der Waals surface area (Å²) in [7, 11) is 0. The fourth-order valence-corrected chi connectivity index (χ4v) is 1.91. The minimum absolute atomic E-state index is 0.123. The van der Waals surface area contributed by atoms with Crippen molar-refractivity contribution in [2.45, 2.75) is 12.6 Å². The lowest BCUT2D eigenvalue weighted by Crippen LogP contribution is -2.54. The van der Waals surface area contributed by atoms with Gasteiger partial charge in [-0.3, -0.25) is 4.79 Å². The zero-order chi connectivity index (χ0) is 12.7. The minimum atomic E-state index is -1.13. The van der Waals surface area contributed by atoms with E-state index in [0.717, 1.165) is 4.90 Å². The molecule has 0 radical (unpaired) electrons. The number of carbonyl (C=O) groups is 2. The molecule has 2 aliphatic heterocycles. The van der Waals surface area contributed by atoms with Crippen LogP contribution in [-0.2, 0) is 4.79 Å². The number of nitrogens with zero attached hydrogens (tertiary/aromatic N) is 1. The summed E-state index contributed by atoms with van der Waals surface area (Å²) in [6.45, 7) is 0.123. The number of fused-ring (bicyclic) bond motifs is 1. The average molecular weight is 250 g/mol. The number of aliphatic hydroxyl groups excluding tert-OH is 1. The Bertz CT molecular complexity index is 512. The highest BCUT2D eigenvalue weighted by atomic mass is 16.7. The molecule has 0 aliphatic carbocycles. The largest absolute Gasteiger partial charge is 0.454 e. The van der Waals surface area contributed by atoms with E-state index in [4.69, 9.17) is 9.47 Å². The fraction of sp³-hybridized carbons (Fsp3) is 0.273. The van der Waals surface area contributed by atoms with Crippen molar-refractivity contribution in [1.29, 1.82) is 0 Å². The monoisotopic (exact) mass is 250 g/mol. The molecular formula is C11H10N2O5. The molecule has 1 aromatic rings. The number of aliphatic hydroxyl groups is 1. The maximum Gasteiger partial charge on any atom is 0.330 e. The van der Waals surface area contributed by atoms with Crippen LogP contribution in [0.5, 0.6) is 11.5 Å². The van der Waals surface area contributed by atoms with Gasteiger partial charge in [0.15, 0.2) is 11.5 Å². The van der Waals surface area contributed by atoms with Gasteiger partial charge < -0.3 is 19.9 Å². The summed E-state index contributed by atoms with van der Waals surface area (Å²) in [5.41, 5.74) is 0.383. The van der Waals surface area contributed by atoms with Gasteiger partial charge in [-0.2, -0.15) is 0 Å². The zero-order valence-electron chi connectivity index (χ0n) is 9.25. The van der Waals surface area contributed by atoms with Crippen molar-refractivity contribution in [2.24, 2.45) is 0 Å². The van der Waals surface area contributed by atoms with Gasteiger partial charge >= 0.3 is 6.03 Å². The number of carbonyl (C=O) groups excluding carboxylic acids is 2. The number of urea groups is 1. The molecule has 0 spiro atoms. The van der Waals surface area contributed by atoms with E-state index in [-0.39, 0.29) is 13.2 Å². The van der Waals surface area contributed by atoms with Crippen LogP contribution in [0.2, 0.25) is 0 Å². The second-order valence-corrected chi connectivity index (χ2v) is 3.94. The molecule has 3 rings (SSSR count). The normalized spacial score (nSPS) is 22.1. The highest BCUT2D eigenvalue weighted by Gasteiger charge is 2.32. The molecule has 94 valence electrons. The van der Waals surface area contributed by atoms with Crippen LogP contribution in [0.25, 0.3) is 0 Å². The van der Waals surface area contributed by atoms with Crippen molar-refractivity contribution in [2.75, 3.05) is 11.7 Å². The van der Waals surface area contributed by atoms with Crippen molar-refractivity contribution < 1.29 is 24.2 Å². The third-order valence-electron chi connectivity index (χ3n) is 2.72. The maximum atomic E-state index is 11.7. The van der Waals surface area contributed by atoms with Gasteiger partial charge in [-0.05, 0) is 12.1 Å². The lowest BCUT2D eigenvalue weighted by molar-refractivity contribution is -0.121. The molecule has 3 amide bonds. The Kier molecular flexibility index (Phi) is 2.34. The van der Waals surface area contributed by atoms with Crippen LogP contribution in [0.3, 0.4) is 0 Å². The number of rotatable bonds is 1. The zero-order valence-corrected chi connectivity index (χ0v) is 9.25. The number of anilines is 1. The molecule has 2 heterocycles. The second-order valence-electron chi connectivity index (χ2n) is 3.94. The second kappa shape index (κ2) is 3.88. The van der Waals surface area contributed by atoms with E-state index in [0.29, 0.717) is 17.2 Å². The molecule has 0 saturated carbocycles. The van der Waals surface area contributed by atoms with Gasteiger partial charge in [-0.1, -0.05) is 0 Å². The van der Waals surface area contributed by atoms with E-state index in [1.54, 1.807) is 18.2 Å². The van der Waals surface area contributed by atoms with Gasteiger partial charge in [-0.15, -0.1) is 0 Å². The van der Waals surface area contributed by atoms with Crippen LogP contribution in [0.4, 0.5) is 10.5 Å². The topological polar surface area (TPSA) is 88.1 Å². The quantitative estimate of drug-likeness (QED) is 0.742. The number of hydrogen-bond acceptors (Lipinski definition) is 5. The number of benzene rings is 1. The van der Waals surface area contributed by atoms with Gasteiger partial charge in [0.2, 0.25) is 12.7 Å². The van der Waals surface area contributed by atoms with Gasteiger partial charge in [-0.25, -0.2) is 9.69 Å². The predicted molar refractivity (Wildman–Crippen MR) is 59.2 cm³/mol. The molecule has 7 heteroatoms. The molecule has 18 heavy (non-hydrogen) atoms. The van der Waals surface area contributed by atoms with Crippen LogP contribution >= 0.6 is 0 Å². The first-order valence-electron chi connectivity index (χ1n) is 5.36. The van der Waals surface area contributed by atoms with Crippen LogP contribution in [0.1, 0.15) is 6.42 Å². The van der Waals surface area contributed by atoms with E-state index in [1.165, 1.54) is 0 Å².